The molecule has 4 rings (SSSR count). The molecule has 0 saturated carbocycles. The largest absolute Gasteiger partial charge is 0.261 e. The molecular weight excluding hydrogens is 278 g/mol. The molecule has 1 aromatic heterocycles. The van der Waals surface area contributed by atoms with Crippen LogP contribution in [0.2, 0.25) is 0 Å². The number of hydrogen-bond donors (Lipinski definition) is 0. The van der Waals surface area contributed by atoms with E-state index >= 15 is 0 Å². The highest BCUT2D eigenvalue weighted by Gasteiger charge is 2.35. The fourth-order valence-electron chi connectivity index (χ4n) is 3.67. The van der Waals surface area contributed by atoms with Gasteiger partial charge in [-0.2, -0.15) is 0 Å². The number of nitrogens with zero attached hydrogens (tertiary/aromatic N) is 1. The van der Waals surface area contributed by atoms with Crippen molar-refractivity contribution in [2.45, 2.75) is 33.1 Å². The summed E-state index contributed by atoms with van der Waals surface area (Å²) in [4.78, 5) is 4.44. The number of fused-ring (bicyclic) bond motifs is 3. The van der Waals surface area contributed by atoms with Gasteiger partial charge in [0.1, 0.15) is 0 Å². The van der Waals surface area contributed by atoms with Gasteiger partial charge in [0, 0.05) is 22.9 Å². The lowest BCUT2D eigenvalue weighted by Gasteiger charge is -2.22. The van der Waals surface area contributed by atoms with Crippen molar-refractivity contribution in [2.75, 3.05) is 0 Å². The molecule has 0 unspecified atom stereocenters. The fourth-order valence-corrected chi connectivity index (χ4v) is 3.67. The van der Waals surface area contributed by atoms with Crippen molar-refractivity contribution >= 4 is 0 Å². The second-order valence-corrected chi connectivity index (χ2v) is 7.12. The SMILES string of the molecule is Cc1ccc2c(c1)C(C)(C)c1cc(-c3ccc(C)nc3)ccc1-2. The van der Waals surface area contributed by atoms with Crippen molar-refractivity contribution in [1.82, 2.24) is 4.98 Å². The number of benzene rings is 2. The van der Waals surface area contributed by atoms with E-state index in [4.69, 9.17) is 0 Å². The van der Waals surface area contributed by atoms with Crippen LogP contribution < -0.4 is 0 Å². The molecule has 0 spiro atoms. The standard InChI is InChI=1S/C22H21N/c1-14-5-9-18-19-10-8-16(17-7-6-15(2)23-13-17)12-21(19)22(3,4)20(18)11-14/h5-13H,1-4H3. The van der Waals surface area contributed by atoms with Gasteiger partial charge in [0.05, 0.1) is 0 Å². The lowest BCUT2D eigenvalue weighted by molar-refractivity contribution is 0.660. The lowest BCUT2D eigenvalue weighted by atomic mass is 9.81. The summed E-state index contributed by atoms with van der Waals surface area (Å²) in [7, 11) is 0. The number of pyridine rings is 1. The second-order valence-electron chi connectivity index (χ2n) is 7.12. The Morgan fingerprint density at radius 3 is 2.09 bits per heavy atom. The van der Waals surface area contributed by atoms with Gasteiger partial charge in [-0.05, 0) is 53.8 Å². The van der Waals surface area contributed by atoms with Gasteiger partial charge in [0.15, 0.2) is 0 Å². The Labute approximate surface area is 138 Å². The van der Waals surface area contributed by atoms with Crippen molar-refractivity contribution in [2.24, 2.45) is 0 Å². The molecule has 1 heterocycles. The van der Waals surface area contributed by atoms with E-state index in [1.807, 2.05) is 13.1 Å². The van der Waals surface area contributed by atoms with Crippen LogP contribution in [-0.2, 0) is 5.41 Å². The van der Waals surface area contributed by atoms with Gasteiger partial charge in [-0.1, -0.05) is 55.8 Å². The molecule has 1 heteroatoms. The minimum Gasteiger partial charge on any atom is -0.261 e. The van der Waals surface area contributed by atoms with E-state index in [0.29, 0.717) is 0 Å². The van der Waals surface area contributed by atoms with Crippen LogP contribution in [0.15, 0.2) is 54.7 Å². The smallest absolute Gasteiger partial charge is 0.0373 e. The Balaban J connectivity index is 1.90. The van der Waals surface area contributed by atoms with Crippen LogP contribution in [0.3, 0.4) is 0 Å². The van der Waals surface area contributed by atoms with Crippen LogP contribution in [-0.4, -0.2) is 4.98 Å². The summed E-state index contributed by atoms with van der Waals surface area (Å²) < 4.78 is 0. The third-order valence-electron chi connectivity index (χ3n) is 5.08. The highest BCUT2D eigenvalue weighted by atomic mass is 14.7. The van der Waals surface area contributed by atoms with E-state index in [-0.39, 0.29) is 5.41 Å². The molecule has 0 amide bonds. The molecule has 3 aromatic rings. The number of hydrogen-bond acceptors (Lipinski definition) is 1. The molecule has 0 N–H and O–H groups in total. The van der Waals surface area contributed by atoms with Gasteiger partial charge in [-0.15, -0.1) is 0 Å². The molecule has 0 radical (unpaired) electrons. The van der Waals surface area contributed by atoms with E-state index in [1.165, 1.54) is 38.9 Å². The van der Waals surface area contributed by atoms with Crippen LogP contribution in [0.25, 0.3) is 22.3 Å². The van der Waals surface area contributed by atoms with Crippen molar-refractivity contribution in [1.29, 1.82) is 0 Å². The summed E-state index contributed by atoms with van der Waals surface area (Å²) >= 11 is 0. The molecule has 1 nitrogen and oxygen atoms in total. The van der Waals surface area contributed by atoms with Crippen LogP contribution in [0, 0.1) is 13.8 Å². The average molecular weight is 299 g/mol. The zero-order chi connectivity index (χ0) is 16.2. The summed E-state index contributed by atoms with van der Waals surface area (Å²) in [6.07, 6.45) is 1.97. The molecule has 0 fully saturated rings. The fraction of sp³-hybridized carbons (Fsp3) is 0.227. The van der Waals surface area contributed by atoms with Crippen LogP contribution in [0.5, 0.6) is 0 Å². The third-order valence-corrected chi connectivity index (χ3v) is 5.08. The minimum absolute atomic E-state index is 0.0465. The zero-order valence-corrected chi connectivity index (χ0v) is 14.1. The summed E-state index contributed by atoms with van der Waals surface area (Å²) in [5.41, 5.74) is 10.5. The highest BCUT2D eigenvalue weighted by Crippen LogP contribution is 2.49. The number of aryl methyl sites for hydroxylation is 2. The topological polar surface area (TPSA) is 12.9 Å². The van der Waals surface area contributed by atoms with E-state index in [9.17, 15) is 0 Å². The molecule has 2 aromatic carbocycles. The van der Waals surface area contributed by atoms with Gasteiger partial charge in [0.25, 0.3) is 0 Å². The lowest BCUT2D eigenvalue weighted by Crippen LogP contribution is -2.15. The Bertz CT molecular complexity index is 902. The second kappa shape index (κ2) is 4.79. The normalized spacial score (nSPS) is 14.4. The van der Waals surface area contributed by atoms with Crippen molar-refractivity contribution in [3.8, 4) is 22.3 Å². The predicted octanol–water partition coefficient (Wildman–Crippen LogP) is 5.67. The monoisotopic (exact) mass is 299 g/mol. The molecule has 1 aliphatic carbocycles. The molecule has 0 bridgehead atoms. The maximum Gasteiger partial charge on any atom is 0.0373 e. The Morgan fingerprint density at radius 1 is 0.739 bits per heavy atom. The van der Waals surface area contributed by atoms with Gasteiger partial charge in [-0.25, -0.2) is 0 Å². The molecule has 114 valence electrons. The zero-order valence-electron chi connectivity index (χ0n) is 14.1. The molecular formula is C22H21N. The predicted molar refractivity (Wildman–Crippen MR) is 96.7 cm³/mol. The van der Waals surface area contributed by atoms with Crippen LogP contribution in [0.1, 0.15) is 36.2 Å². The average Bonchev–Trinajstić information content (AvgIpc) is 2.76. The Kier molecular flexibility index (Phi) is 2.96. The quantitative estimate of drug-likeness (QED) is 0.564. The van der Waals surface area contributed by atoms with Gasteiger partial charge >= 0.3 is 0 Å². The highest BCUT2D eigenvalue weighted by molar-refractivity contribution is 5.83. The Hall–Kier alpha value is -2.41. The summed E-state index contributed by atoms with van der Waals surface area (Å²) in [6.45, 7) is 8.85. The van der Waals surface area contributed by atoms with E-state index in [0.717, 1.165) is 5.69 Å². The van der Waals surface area contributed by atoms with E-state index < -0.39 is 0 Å². The van der Waals surface area contributed by atoms with Crippen LogP contribution >= 0.6 is 0 Å². The number of rotatable bonds is 1. The number of aromatic nitrogens is 1. The first-order valence-corrected chi connectivity index (χ1v) is 8.16. The van der Waals surface area contributed by atoms with Crippen molar-refractivity contribution in [3.05, 3.63) is 77.1 Å². The first-order chi connectivity index (χ1) is 11.0. The van der Waals surface area contributed by atoms with E-state index in [1.54, 1.807) is 0 Å². The molecule has 23 heavy (non-hydrogen) atoms. The minimum atomic E-state index is 0.0465. The Morgan fingerprint density at radius 2 is 1.39 bits per heavy atom. The third kappa shape index (κ3) is 2.11. The van der Waals surface area contributed by atoms with Gasteiger partial charge in [-0.3, -0.25) is 4.98 Å². The maximum absolute atomic E-state index is 4.44. The van der Waals surface area contributed by atoms with Crippen LogP contribution in [0.4, 0.5) is 0 Å². The summed E-state index contributed by atoms with van der Waals surface area (Å²) in [5, 5.41) is 0. The van der Waals surface area contributed by atoms with Gasteiger partial charge < -0.3 is 0 Å². The molecule has 0 aliphatic heterocycles. The van der Waals surface area contributed by atoms with Crippen molar-refractivity contribution in [3.63, 3.8) is 0 Å². The summed E-state index contributed by atoms with van der Waals surface area (Å²) in [6, 6.07) is 17.9. The maximum atomic E-state index is 4.44. The molecule has 0 saturated heterocycles. The van der Waals surface area contributed by atoms with Crippen molar-refractivity contribution < 1.29 is 0 Å². The van der Waals surface area contributed by atoms with E-state index in [2.05, 4.69) is 74.3 Å². The molecule has 0 atom stereocenters. The first kappa shape index (κ1) is 14.2. The first-order valence-electron chi connectivity index (χ1n) is 8.16. The molecule has 1 aliphatic rings. The summed E-state index contributed by atoms with van der Waals surface area (Å²) in [5.74, 6) is 0. The van der Waals surface area contributed by atoms with Gasteiger partial charge in [0.2, 0.25) is 0 Å².